The number of pyridine rings is 1. The van der Waals surface area contributed by atoms with E-state index in [4.69, 9.17) is 10.00 Å². The molecule has 1 aliphatic rings. The molecule has 1 aliphatic heterocycles. The summed E-state index contributed by atoms with van der Waals surface area (Å²) in [6, 6.07) is 1.94. The molecule has 2 heterocycles. The molecule has 0 radical (unpaired) electrons. The summed E-state index contributed by atoms with van der Waals surface area (Å²) < 4.78 is 18.5. The highest BCUT2D eigenvalue weighted by Gasteiger charge is 2.42. The van der Waals surface area contributed by atoms with Crippen molar-refractivity contribution in [1.82, 2.24) is 4.98 Å². The molecule has 0 saturated heterocycles. The van der Waals surface area contributed by atoms with Crippen LogP contribution in [0, 0.1) is 25.2 Å². The number of nitrogens with zero attached hydrogens (tertiary/aromatic N) is 2. The van der Waals surface area contributed by atoms with Crippen molar-refractivity contribution in [1.29, 1.82) is 5.26 Å². The van der Waals surface area contributed by atoms with Crippen LogP contribution in [0.3, 0.4) is 0 Å². The number of nitriles is 1. The topological polar surface area (TPSA) is 66.1 Å². The number of ether oxygens (including phenoxy) is 1. The zero-order valence-corrected chi connectivity index (χ0v) is 8.33. The summed E-state index contributed by atoms with van der Waals surface area (Å²) in [7, 11) is 0. The molecule has 1 unspecified atom stereocenters. The van der Waals surface area contributed by atoms with Crippen molar-refractivity contribution < 1.29 is 14.2 Å². The van der Waals surface area contributed by atoms with E-state index in [1.54, 1.807) is 13.8 Å². The van der Waals surface area contributed by atoms with Crippen LogP contribution in [-0.2, 0) is 5.85 Å². The van der Waals surface area contributed by atoms with Gasteiger partial charge in [-0.1, -0.05) is 0 Å². The minimum absolute atomic E-state index is 0.0235. The Hall–Kier alpha value is -1.67. The fourth-order valence-corrected chi connectivity index (χ4v) is 1.78. The van der Waals surface area contributed by atoms with E-state index in [9.17, 15) is 9.50 Å². The maximum atomic E-state index is 13.6. The summed E-state index contributed by atoms with van der Waals surface area (Å²) in [5.74, 6) is -2.46. The summed E-state index contributed by atoms with van der Waals surface area (Å²) in [6.45, 7) is 2.75. The third-order valence-electron chi connectivity index (χ3n) is 2.49. The molecule has 15 heavy (non-hydrogen) atoms. The monoisotopic (exact) mass is 208 g/mol. The van der Waals surface area contributed by atoms with Crippen LogP contribution in [0.4, 0.5) is 4.39 Å². The Balaban J connectivity index is 2.77. The van der Waals surface area contributed by atoms with E-state index < -0.39 is 12.5 Å². The molecule has 0 spiro atoms. The predicted octanol–water partition coefficient (Wildman–Crippen LogP) is 1.08. The van der Waals surface area contributed by atoms with Gasteiger partial charge in [-0.2, -0.15) is 5.26 Å². The standard InChI is InChI=1S/C10H9FN2O2/c1-5-7(3-12)6(2)13-9-8(5)10(11,14)4-15-9/h14H,4H2,1-2H3. The molecule has 0 aromatic carbocycles. The maximum absolute atomic E-state index is 13.6. The number of hydrogen-bond acceptors (Lipinski definition) is 4. The highest BCUT2D eigenvalue weighted by Crippen LogP contribution is 2.40. The largest absolute Gasteiger partial charge is 0.471 e. The Morgan fingerprint density at radius 3 is 2.87 bits per heavy atom. The lowest BCUT2D eigenvalue weighted by Gasteiger charge is -2.12. The van der Waals surface area contributed by atoms with Gasteiger partial charge < -0.3 is 9.84 Å². The molecular weight excluding hydrogens is 199 g/mol. The van der Waals surface area contributed by atoms with E-state index in [0.29, 0.717) is 11.3 Å². The lowest BCUT2D eigenvalue weighted by molar-refractivity contribution is -0.105. The highest BCUT2D eigenvalue weighted by molar-refractivity contribution is 5.51. The van der Waals surface area contributed by atoms with Gasteiger partial charge in [0.05, 0.1) is 16.8 Å². The zero-order chi connectivity index (χ0) is 11.2. The van der Waals surface area contributed by atoms with Crippen molar-refractivity contribution in [2.75, 3.05) is 6.61 Å². The molecule has 4 nitrogen and oxygen atoms in total. The lowest BCUT2D eigenvalue weighted by atomic mass is 9.99. The third-order valence-corrected chi connectivity index (χ3v) is 2.49. The minimum Gasteiger partial charge on any atom is -0.471 e. The van der Waals surface area contributed by atoms with Crippen LogP contribution in [0.5, 0.6) is 5.88 Å². The second kappa shape index (κ2) is 2.91. The molecule has 0 amide bonds. The predicted molar refractivity (Wildman–Crippen MR) is 48.9 cm³/mol. The first-order valence-electron chi connectivity index (χ1n) is 4.43. The molecule has 0 saturated carbocycles. The zero-order valence-electron chi connectivity index (χ0n) is 8.33. The molecule has 0 bridgehead atoms. The summed E-state index contributed by atoms with van der Waals surface area (Å²) in [5, 5.41) is 18.3. The molecule has 78 valence electrons. The molecule has 1 atom stereocenters. The number of fused-ring (bicyclic) bond motifs is 1. The van der Waals surface area contributed by atoms with Crippen molar-refractivity contribution in [3.63, 3.8) is 0 Å². The average Bonchev–Trinajstić information content (AvgIpc) is 2.42. The number of alkyl halides is 1. The second-order valence-electron chi connectivity index (χ2n) is 3.54. The fraction of sp³-hybridized carbons (Fsp3) is 0.400. The van der Waals surface area contributed by atoms with Crippen LogP contribution in [-0.4, -0.2) is 16.7 Å². The van der Waals surface area contributed by atoms with E-state index in [1.807, 2.05) is 6.07 Å². The van der Waals surface area contributed by atoms with Gasteiger partial charge in [-0.3, -0.25) is 0 Å². The molecule has 1 aromatic rings. The number of aliphatic hydroxyl groups is 1. The Labute approximate surface area is 85.9 Å². The first kappa shape index (κ1) is 9.87. The Morgan fingerprint density at radius 1 is 1.60 bits per heavy atom. The van der Waals surface area contributed by atoms with Gasteiger partial charge in [0, 0.05) is 0 Å². The Bertz CT molecular complexity index is 477. The molecular formula is C10H9FN2O2. The molecule has 1 N–H and O–H groups in total. The van der Waals surface area contributed by atoms with Crippen LogP contribution < -0.4 is 4.74 Å². The van der Waals surface area contributed by atoms with Gasteiger partial charge in [0.1, 0.15) is 6.07 Å². The SMILES string of the molecule is Cc1nc2c(c(C)c1C#N)C(O)(F)CO2. The number of halogens is 1. The summed E-state index contributed by atoms with van der Waals surface area (Å²) in [5.41, 5.74) is 1.13. The van der Waals surface area contributed by atoms with Gasteiger partial charge in [-0.25, -0.2) is 9.37 Å². The molecule has 1 aromatic heterocycles. The molecule has 0 fully saturated rings. The van der Waals surface area contributed by atoms with E-state index in [-0.39, 0.29) is 17.0 Å². The number of aryl methyl sites for hydroxylation is 1. The van der Waals surface area contributed by atoms with Gasteiger partial charge >= 0.3 is 0 Å². The summed E-state index contributed by atoms with van der Waals surface area (Å²) >= 11 is 0. The number of aromatic nitrogens is 1. The first-order chi connectivity index (χ1) is 6.97. The summed E-state index contributed by atoms with van der Waals surface area (Å²) in [4.78, 5) is 3.94. The number of rotatable bonds is 0. The van der Waals surface area contributed by atoms with Crippen molar-refractivity contribution >= 4 is 0 Å². The van der Waals surface area contributed by atoms with Crippen LogP contribution >= 0.6 is 0 Å². The van der Waals surface area contributed by atoms with Crippen molar-refractivity contribution in [2.24, 2.45) is 0 Å². The van der Waals surface area contributed by atoms with Crippen LogP contribution in [0.1, 0.15) is 22.4 Å². The van der Waals surface area contributed by atoms with Crippen LogP contribution in [0.25, 0.3) is 0 Å². The van der Waals surface area contributed by atoms with E-state index in [2.05, 4.69) is 4.98 Å². The van der Waals surface area contributed by atoms with Crippen molar-refractivity contribution in [2.45, 2.75) is 19.7 Å². The smallest absolute Gasteiger partial charge is 0.273 e. The minimum atomic E-state index is -2.54. The maximum Gasteiger partial charge on any atom is 0.273 e. The van der Waals surface area contributed by atoms with E-state index in [0.717, 1.165) is 0 Å². The Kier molecular flexibility index (Phi) is 1.91. The molecule has 5 heteroatoms. The highest BCUT2D eigenvalue weighted by atomic mass is 19.2. The molecule has 0 aliphatic carbocycles. The van der Waals surface area contributed by atoms with Gasteiger partial charge in [0.25, 0.3) is 5.85 Å². The quantitative estimate of drug-likeness (QED) is 0.692. The van der Waals surface area contributed by atoms with Crippen LogP contribution in [0.15, 0.2) is 0 Å². The normalized spacial score (nSPS) is 23.1. The van der Waals surface area contributed by atoms with E-state index in [1.165, 1.54) is 0 Å². The Morgan fingerprint density at radius 2 is 2.27 bits per heavy atom. The molecule has 2 rings (SSSR count). The van der Waals surface area contributed by atoms with Crippen LogP contribution in [0.2, 0.25) is 0 Å². The van der Waals surface area contributed by atoms with Gasteiger partial charge in [0.15, 0.2) is 6.61 Å². The van der Waals surface area contributed by atoms with Gasteiger partial charge in [0.2, 0.25) is 5.88 Å². The lowest BCUT2D eigenvalue weighted by Crippen LogP contribution is -2.21. The van der Waals surface area contributed by atoms with Gasteiger partial charge in [-0.05, 0) is 19.4 Å². The fourth-order valence-electron chi connectivity index (χ4n) is 1.78. The van der Waals surface area contributed by atoms with E-state index >= 15 is 0 Å². The third kappa shape index (κ3) is 1.26. The first-order valence-corrected chi connectivity index (χ1v) is 4.43. The second-order valence-corrected chi connectivity index (χ2v) is 3.54. The van der Waals surface area contributed by atoms with Crippen molar-refractivity contribution in [3.05, 3.63) is 22.4 Å². The van der Waals surface area contributed by atoms with Gasteiger partial charge in [-0.15, -0.1) is 0 Å². The van der Waals surface area contributed by atoms with Crippen molar-refractivity contribution in [3.8, 4) is 11.9 Å². The average molecular weight is 208 g/mol. The summed E-state index contributed by atoms with van der Waals surface area (Å²) in [6.07, 6.45) is 0. The number of hydrogen-bond donors (Lipinski definition) is 1.